The monoisotopic (exact) mass is 424 g/mol. The van der Waals surface area contributed by atoms with E-state index in [0.717, 1.165) is 57.1 Å². The molecule has 3 heterocycles. The van der Waals surface area contributed by atoms with Crippen LogP contribution in [-0.4, -0.2) is 9.97 Å². The highest BCUT2D eigenvalue weighted by Gasteiger charge is 2.21. The maximum atomic E-state index is 6.14. The van der Waals surface area contributed by atoms with Gasteiger partial charge in [-0.3, -0.25) is 0 Å². The minimum absolute atomic E-state index is 0.345. The first-order valence-electron chi connectivity index (χ1n) is 9.98. The number of nitrogens with zero attached hydrogens (tertiary/aromatic N) is 2. The van der Waals surface area contributed by atoms with Crippen molar-refractivity contribution in [2.45, 2.75) is 45.6 Å². The molecule has 0 aliphatic heterocycles. The third-order valence-corrected chi connectivity index (χ3v) is 6.86. The van der Waals surface area contributed by atoms with Crippen molar-refractivity contribution >= 4 is 33.2 Å². The first kappa shape index (κ1) is 18.6. The molecule has 0 N–H and O–H groups in total. The van der Waals surface area contributed by atoms with E-state index in [0.29, 0.717) is 12.5 Å². The average Bonchev–Trinajstić information content (AvgIpc) is 3.34. The Balaban J connectivity index is 1.43. The van der Waals surface area contributed by atoms with E-state index in [1.54, 1.807) is 17.7 Å². The fraction of sp³-hybridized carbons (Fsp3) is 0.304. The summed E-state index contributed by atoms with van der Waals surface area (Å²) in [6.07, 6.45) is 7.10. The van der Waals surface area contributed by atoms with Crippen LogP contribution < -0.4 is 4.74 Å². The van der Waals surface area contributed by atoms with E-state index < -0.39 is 0 Å². The number of hydrogen-bond acceptors (Lipinski definition) is 5. The fourth-order valence-corrected chi connectivity index (χ4v) is 5.35. The summed E-state index contributed by atoms with van der Waals surface area (Å²) in [4.78, 5) is 11.4. The van der Waals surface area contributed by atoms with Gasteiger partial charge in [-0.05, 0) is 55.0 Å². The summed E-state index contributed by atoms with van der Waals surface area (Å²) in [6.45, 7) is 2.44. The molecule has 0 radical (unpaired) electrons. The smallest absolute Gasteiger partial charge is 0.226 e. The van der Waals surface area contributed by atoms with Crippen LogP contribution in [0.3, 0.4) is 0 Å². The Labute approximate surface area is 178 Å². The number of aryl methyl sites for hydroxylation is 3. The summed E-state index contributed by atoms with van der Waals surface area (Å²) in [5.74, 6) is 2.41. The van der Waals surface area contributed by atoms with Crippen molar-refractivity contribution in [3.8, 4) is 17.0 Å². The Kier molecular flexibility index (Phi) is 5.02. The van der Waals surface area contributed by atoms with Gasteiger partial charge in [-0.1, -0.05) is 30.7 Å². The highest BCUT2D eigenvalue weighted by Crippen LogP contribution is 2.39. The largest absolute Gasteiger partial charge is 0.469 e. The molecule has 0 fully saturated rings. The predicted octanol–water partition coefficient (Wildman–Crippen LogP) is 6.62. The van der Waals surface area contributed by atoms with Gasteiger partial charge in [0.15, 0.2) is 0 Å². The molecular formula is C23H21ClN2O2S. The molecular weight excluding hydrogens is 404 g/mol. The lowest BCUT2D eigenvalue weighted by atomic mass is 9.97. The zero-order valence-electron chi connectivity index (χ0n) is 16.2. The van der Waals surface area contributed by atoms with Crippen LogP contribution in [-0.2, 0) is 25.9 Å². The Morgan fingerprint density at radius 2 is 1.97 bits per heavy atom. The Morgan fingerprint density at radius 3 is 2.79 bits per heavy atom. The van der Waals surface area contributed by atoms with E-state index in [-0.39, 0.29) is 0 Å². The van der Waals surface area contributed by atoms with Crippen LogP contribution in [0.25, 0.3) is 21.3 Å². The zero-order chi connectivity index (χ0) is 19.8. The molecule has 3 aromatic heterocycles. The number of hydrogen-bond donors (Lipinski definition) is 0. The molecule has 0 bridgehead atoms. The van der Waals surface area contributed by atoms with E-state index in [1.807, 2.05) is 24.3 Å². The standard InChI is InChI=1S/C23H21ClN2O2S/c1-2-19-18(14-7-9-15(24)10-8-14)11-16(28-19)12-27-22-21-17-5-3-4-6-20(17)29-23(21)26-13-25-22/h7-11,13H,2-6,12H2,1H3. The molecule has 4 nitrogen and oxygen atoms in total. The molecule has 0 saturated heterocycles. The summed E-state index contributed by atoms with van der Waals surface area (Å²) < 4.78 is 12.2. The third kappa shape index (κ3) is 3.53. The van der Waals surface area contributed by atoms with Gasteiger partial charge in [0.05, 0.1) is 5.39 Å². The van der Waals surface area contributed by atoms with Gasteiger partial charge in [-0.2, -0.15) is 0 Å². The van der Waals surface area contributed by atoms with Crippen molar-refractivity contribution in [1.82, 2.24) is 9.97 Å². The lowest BCUT2D eigenvalue weighted by molar-refractivity contribution is 0.260. The zero-order valence-corrected chi connectivity index (χ0v) is 17.8. The van der Waals surface area contributed by atoms with Gasteiger partial charge in [0, 0.05) is 21.9 Å². The summed E-state index contributed by atoms with van der Waals surface area (Å²) >= 11 is 7.81. The minimum Gasteiger partial charge on any atom is -0.469 e. The number of benzene rings is 1. The number of fused-ring (bicyclic) bond motifs is 3. The highest BCUT2D eigenvalue weighted by molar-refractivity contribution is 7.18. The van der Waals surface area contributed by atoms with Gasteiger partial charge < -0.3 is 9.15 Å². The molecule has 4 aromatic rings. The lowest BCUT2D eigenvalue weighted by Crippen LogP contribution is -2.01. The summed E-state index contributed by atoms with van der Waals surface area (Å²) in [5, 5.41) is 1.82. The molecule has 0 atom stereocenters. The summed E-state index contributed by atoms with van der Waals surface area (Å²) in [6, 6.07) is 9.89. The van der Waals surface area contributed by atoms with Crippen molar-refractivity contribution in [1.29, 1.82) is 0 Å². The van der Waals surface area contributed by atoms with Crippen molar-refractivity contribution in [2.24, 2.45) is 0 Å². The molecule has 0 unspecified atom stereocenters. The Bertz CT molecular complexity index is 1160. The Morgan fingerprint density at radius 1 is 1.14 bits per heavy atom. The third-order valence-electron chi connectivity index (χ3n) is 5.40. The minimum atomic E-state index is 0.345. The van der Waals surface area contributed by atoms with Crippen LogP contribution in [0.2, 0.25) is 5.02 Å². The van der Waals surface area contributed by atoms with E-state index in [4.69, 9.17) is 20.8 Å². The van der Waals surface area contributed by atoms with Gasteiger partial charge in [0.25, 0.3) is 0 Å². The molecule has 1 aromatic carbocycles. The Hall–Kier alpha value is -2.37. The topological polar surface area (TPSA) is 48.2 Å². The van der Waals surface area contributed by atoms with Gasteiger partial charge in [0.1, 0.15) is 29.3 Å². The molecule has 0 spiro atoms. The normalized spacial score (nSPS) is 13.6. The molecule has 5 rings (SSSR count). The van der Waals surface area contributed by atoms with Crippen LogP contribution in [0, 0.1) is 0 Å². The molecule has 0 amide bonds. The van der Waals surface area contributed by atoms with Crippen LogP contribution in [0.4, 0.5) is 0 Å². The molecule has 6 heteroatoms. The molecule has 1 aliphatic carbocycles. The highest BCUT2D eigenvalue weighted by atomic mass is 35.5. The molecule has 148 valence electrons. The molecule has 29 heavy (non-hydrogen) atoms. The average molecular weight is 425 g/mol. The van der Waals surface area contributed by atoms with Crippen LogP contribution in [0.5, 0.6) is 5.88 Å². The second kappa shape index (κ2) is 7.81. The first-order valence-corrected chi connectivity index (χ1v) is 11.2. The molecule has 0 saturated carbocycles. The van der Waals surface area contributed by atoms with Crippen molar-refractivity contribution in [3.63, 3.8) is 0 Å². The number of rotatable bonds is 5. The van der Waals surface area contributed by atoms with Crippen molar-refractivity contribution < 1.29 is 9.15 Å². The SMILES string of the molecule is CCc1oc(COc2ncnc3sc4c(c23)CCCC4)cc1-c1ccc(Cl)cc1. The van der Waals surface area contributed by atoms with Gasteiger partial charge in [0.2, 0.25) is 5.88 Å². The first-order chi connectivity index (χ1) is 14.2. The van der Waals surface area contributed by atoms with E-state index in [1.165, 1.54) is 23.3 Å². The molecule has 1 aliphatic rings. The van der Waals surface area contributed by atoms with Gasteiger partial charge >= 0.3 is 0 Å². The van der Waals surface area contributed by atoms with Crippen LogP contribution >= 0.6 is 22.9 Å². The van der Waals surface area contributed by atoms with Crippen molar-refractivity contribution in [3.05, 3.63) is 63.6 Å². The van der Waals surface area contributed by atoms with Crippen LogP contribution in [0.1, 0.15) is 41.7 Å². The maximum absolute atomic E-state index is 6.14. The number of ether oxygens (including phenoxy) is 1. The summed E-state index contributed by atoms with van der Waals surface area (Å²) in [7, 11) is 0. The lowest BCUT2D eigenvalue weighted by Gasteiger charge is -2.11. The van der Waals surface area contributed by atoms with Crippen molar-refractivity contribution in [2.75, 3.05) is 0 Å². The maximum Gasteiger partial charge on any atom is 0.226 e. The van der Waals surface area contributed by atoms with Crippen LogP contribution in [0.15, 0.2) is 41.1 Å². The number of furan rings is 1. The number of thiophene rings is 1. The second-order valence-corrected chi connectivity index (χ2v) is 8.79. The van der Waals surface area contributed by atoms with Gasteiger partial charge in [-0.15, -0.1) is 11.3 Å². The van der Waals surface area contributed by atoms with E-state index >= 15 is 0 Å². The summed E-state index contributed by atoms with van der Waals surface area (Å²) in [5.41, 5.74) is 3.56. The number of aromatic nitrogens is 2. The van der Waals surface area contributed by atoms with E-state index in [2.05, 4.69) is 23.0 Å². The second-order valence-electron chi connectivity index (χ2n) is 7.27. The quantitative estimate of drug-likeness (QED) is 0.361. The number of halogens is 1. The van der Waals surface area contributed by atoms with E-state index in [9.17, 15) is 0 Å². The predicted molar refractivity (Wildman–Crippen MR) is 117 cm³/mol. The van der Waals surface area contributed by atoms with Gasteiger partial charge in [-0.25, -0.2) is 9.97 Å². The fourth-order valence-electron chi connectivity index (χ4n) is 4.00.